The number of nitrogen functional groups attached to an aromatic ring is 1. The number of carbonyl (C=O) groups excluding carboxylic acids is 3. The fraction of sp³-hybridized carbons (Fsp3) is 0.381. The summed E-state index contributed by atoms with van der Waals surface area (Å²) in [5.74, 6) is -0.340. The van der Waals surface area contributed by atoms with Crippen LogP contribution in [0.5, 0.6) is 5.88 Å². The molecule has 9 nitrogen and oxygen atoms in total. The van der Waals surface area contributed by atoms with Crippen LogP contribution in [-0.4, -0.2) is 44.7 Å². The number of benzene rings is 1. The summed E-state index contributed by atoms with van der Waals surface area (Å²) in [6, 6.07) is 4.79. The summed E-state index contributed by atoms with van der Waals surface area (Å²) in [5, 5.41) is 2.31. The topological polar surface area (TPSA) is 128 Å². The molecule has 2 fully saturated rings. The van der Waals surface area contributed by atoms with Gasteiger partial charge in [-0.3, -0.25) is 19.7 Å². The van der Waals surface area contributed by atoms with Crippen molar-refractivity contribution >= 4 is 23.5 Å². The maximum atomic E-state index is 12.8. The Kier molecular flexibility index (Phi) is 4.38. The highest BCUT2D eigenvalue weighted by atomic mass is 16.5. The maximum Gasteiger partial charge on any atom is 0.258 e. The van der Waals surface area contributed by atoms with Gasteiger partial charge in [-0.15, -0.1) is 0 Å². The highest BCUT2D eigenvalue weighted by Gasteiger charge is 2.39. The number of aromatic nitrogens is 2. The summed E-state index contributed by atoms with van der Waals surface area (Å²) >= 11 is 0. The SMILES string of the molecule is Nc1ncc(-c2ccc3c(c2)CN(C2CCC(=O)NC2=O)C3=O)nc1OC1CCC1. The Balaban J connectivity index is 1.40. The zero-order valence-electron chi connectivity index (χ0n) is 16.3. The van der Waals surface area contributed by atoms with E-state index in [2.05, 4.69) is 15.3 Å². The van der Waals surface area contributed by atoms with Crippen LogP contribution < -0.4 is 15.8 Å². The van der Waals surface area contributed by atoms with E-state index in [-0.39, 0.29) is 30.2 Å². The van der Waals surface area contributed by atoms with Gasteiger partial charge in [0.15, 0.2) is 5.82 Å². The number of anilines is 1. The molecule has 0 spiro atoms. The average molecular weight is 407 g/mol. The molecule has 1 unspecified atom stereocenters. The van der Waals surface area contributed by atoms with E-state index >= 15 is 0 Å². The zero-order chi connectivity index (χ0) is 20.8. The first-order chi connectivity index (χ1) is 14.5. The lowest BCUT2D eigenvalue weighted by Gasteiger charge is -2.29. The molecule has 2 aliphatic heterocycles. The third kappa shape index (κ3) is 3.16. The van der Waals surface area contributed by atoms with E-state index < -0.39 is 11.9 Å². The number of ether oxygens (including phenoxy) is 1. The molecule has 3 amide bonds. The minimum atomic E-state index is -0.634. The van der Waals surface area contributed by atoms with Crippen molar-refractivity contribution < 1.29 is 19.1 Å². The highest BCUT2D eigenvalue weighted by Crippen LogP contribution is 2.32. The van der Waals surface area contributed by atoms with Gasteiger partial charge < -0.3 is 15.4 Å². The maximum absolute atomic E-state index is 12.8. The van der Waals surface area contributed by atoms with E-state index in [0.29, 0.717) is 30.1 Å². The van der Waals surface area contributed by atoms with Gasteiger partial charge in [0.1, 0.15) is 12.1 Å². The fourth-order valence-corrected chi connectivity index (χ4v) is 3.99. The molecule has 5 rings (SSSR count). The van der Waals surface area contributed by atoms with E-state index in [1.54, 1.807) is 18.3 Å². The van der Waals surface area contributed by atoms with Crippen molar-refractivity contribution in [3.63, 3.8) is 0 Å². The van der Waals surface area contributed by atoms with E-state index in [1.807, 2.05) is 6.07 Å². The summed E-state index contributed by atoms with van der Waals surface area (Å²) in [5.41, 5.74) is 8.67. The molecule has 3 heterocycles. The molecule has 9 heteroatoms. The van der Waals surface area contributed by atoms with Crippen molar-refractivity contribution in [2.24, 2.45) is 0 Å². The second-order valence-corrected chi connectivity index (χ2v) is 7.89. The molecule has 3 N–H and O–H groups in total. The second-order valence-electron chi connectivity index (χ2n) is 7.89. The van der Waals surface area contributed by atoms with E-state index in [1.165, 1.54) is 4.90 Å². The average Bonchev–Trinajstić information content (AvgIpc) is 3.02. The number of hydrogen-bond acceptors (Lipinski definition) is 7. The summed E-state index contributed by atoms with van der Waals surface area (Å²) in [4.78, 5) is 46.7. The van der Waals surface area contributed by atoms with Crippen molar-refractivity contribution in [2.45, 2.75) is 50.8 Å². The van der Waals surface area contributed by atoms with Crippen LogP contribution in [0.1, 0.15) is 48.0 Å². The van der Waals surface area contributed by atoms with Crippen LogP contribution in [-0.2, 0) is 16.1 Å². The van der Waals surface area contributed by atoms with Crippen LogP contribution in [0.2, 0.25) is 0 Å². The molecule has 1 saturated heterocycles. The highest BCUT2D eigenvalue weighted by molar-refractivity contribution is 6.05. The first-order valence-corrected chi connectivity index (χ1v) is 10.1. The summed E-state index contributed by atoms with van der Waals surface area (Å²) in [6.07, 6.45) is 5.40. The number of nitrogens with two attached hydrogens (primary N) is 1. The van der Waals surface area contributed by atoms with Gasteiger partial charge in [-0.05, 0) is 43.4 Å². The van der Waals surface area contributed by atoms with Crippen molar-refractivity contribution in [1.29, 1.82) is 0 Å². The van der Waals surface area contributed by atoms with E-state index in [4.69, 9.17) is 10.5 Å². The Morgan fingerprint density at radius 2 is 2.00 bits per heavy atom. The molecule has 1 atom stereocenters. The lowest BCUT2D eigenvalue weighted by molar-refractivity contribution is -0.136. The van der Waals surface area contributed by atoms with Crippen molar-refractivity contribution in [2.75, 3.05) is 5.73 Å². The fourth-order valence-electron chi connectivity index (χ4n) is 3.99. The van der Waals surface area contributed by atoms with E-state index in [9.17, 15) is 14.4 Å². The smallest absolute Gasteiger partial charge is 0.258 e. The number of nitrogens with zero attached hydrogens (tertiary/aromatic N) is 3. The molecule has 1 aliphatic carbocycles. The largest absolute Gasteiger partial charge is 0.472 e. The molecule has 3 aliphatic rings. The molecule has 1 aromatic carbocycles. The number of rotatable bonds is 4. The number of piperidine rings is 1. The molecule has 154 valence electrons. The van der Waals surface area contributed by atoms with Crippen molar-refractivity contribution in [1.82, 2.24) is 20.2 Å². The number of carbonyl (C=O) groups is 3. The standard InChI is InChI=1S/C21H21N5O4/c22-18-20(30-13-2-1-3-13)24-15(9-23-18)11-4-5-14-12(8-11)10-26(21(14)29)16-6-7-17(27)25-19(16)28/h4-5,8-9,13,16H,1-3,6-7,10H2,(H2,22,23)(H,25,27,28). The van der Waals surface area contributed by atoms with Gasteiger partial charge in [0.25, 0.3) is 11.8 Å². The van der Waals surface area contributed by atoms with Gasteiger partial charge in [0.2, 0.25) is 11.8 Å². The van der Waals surface area contributed by atoms with Crippen molar-refractivity contribution in [3.8, 4) is 17.1 Å². The number of amides is 3. The van der Waals surface area contributed by atoms with Gasteiger partial charge >= 0.3 is 0 Å². The summed E-state index contributed by atoms with van der Waals surface area (Å²) in [6.45, 7) is 0.308. The van der Waals surface area contributed by atoms with Crippen molar-refractivity contribution in [3.05, 3.63) is 35.5 Å². The van der Waals surface area contributed by atoms with Crippen LogP contribution >= 0.6 is 0 Å². The molecular weight excluding hydrogens is 386 g/mol. The number of nitrogens with one attached hydrogen (secondary N) is 1. The Bertz CT molecular complexity index is 1070. The van der Waals surface area contributed by atoms with Gasteiger partial charge in [0.05, 0.1) is 11.9 Å². The van der Waals surface area contributed by atoms with Crippen LogP contribution in [0.3, 0.4) is 0 Å². The van der Waals surface area contributed by atoms with Crippen LogP contribution in [0, 0.1) is 0 Å². The molecule has 0 radical (unpaired) electrons. The predicted octanol–water partition coefficient (Wildman–Crippen LogP) is 1.42. The molecule has 30 heavy (non-hydrogen) atoms. The Morgan fingerprint density at radius 3 is 2.73 bits per heavy atom. The number of imide groups is 1. The molecular formula is C21H21N5O4. The van der Waals surface area contributed by atoms with Gasteiger partial charge in [-0.1, -0.05) is 6.07 Å². The van der Waals surface area contributed by atoms with E-state index in [0.717, 1.165) is 30.4 Å². The lowest BCUT2D eigenvalue weighted by atomic mass is 9.96. The normalized spacial score (nSPS) is 21.3. The zero-order valence-corrected chi connectivity index (χ0v) is 16.3. The molecule has 1 saturated carbocycles. The first-order valence-electron chi connectivity index (χ1n) is 10.1. The molecule has 1 aromatic heterocycles. The van der Waals surface area contributed by atoms with Gasteiger partial charge in [-0.2, -0.15) is 0 Å². The lowest BCUT2D eigenvalue weighted by Crippen LogP contribution is -2.52. The summed E-state index contributed by atoms with van der Waals surface area (Å²) in [7, 11) is 0. The summed E-state index contributed by atoms with van der Waals surface area (Å²) < 4.78 is 5.84. The van der Waals surface area contributed by atoms with Crippen LogP contribution in [0.15, 0.2) is 24.4 Å². The van der Waals surface area contributed by atoms with Crippen LogP contribution in [0.4, 0.5) is 5.82 Å². The third-order valence-corrected chi connectivity index (χ3v) is 5.92. The molecule has 0 bridgehead atoms. The number of hydrogen-bond donors (Lipinski definition) is 2. The Hall–Kier alpha value is -3.49. The first kappa shape index (κ1) is 18.5. The second kappa shape index (κ2) is 7.08. The Labute approximate surface area is 172 Å². The number of fused-ring (bicyclic) bond motifs is 1. The minimum absolute atomic E-state index is 0.136. The van der Waals surface area contributed by atoms with Gasteiger partial charge in [0, 0.05) is 24.1 Å². The third-order valence-electron chi connectivity index (χ3n) is 5.92. The quantitative estimate of drug-likeness (QED) is 0.734. The predicted molar refractivity (Wildman–Crippen MR) is 106 cm³/mol. The molecule has 2 aromatic rings. The monoisotopic (exact) mass is 407 g/mol. The van der Waals surface area contributed by atoms with Crippen LogP contribution in [0.25, 0.3) is 11.3 Å². The minimum Gasteiger partial charge on any atom is -0.472 e. The van der Waals surface area contributed by atoms with Gasteiger partial charge in [-0.25, -0.2) is 9.97 Å². The Morgan fingerprint density at radius 1 is 1.17 bits per heavy atom.